The summed E-state index contributed by atoms with van der Waals surface area (Å²) < 4.78 is 0. The van der Waals surface area contributed by atoms with Crippen LogP contribution in [-0.2, 0) is 0 Å². The first-order chi connectivity index (χ1) is 14.9. The van der Waals surface area contributed by atoms with Crippen LogP contribution < -0.4 is 9.80 Å². The Morgan fingerprint density at radius 1 is 0.903 bits per heavy atom. The molecule has 6 heteroatoms. The average molecular weight is 445 g/mol. The molecule has 2 heterocycles. The molecular formula is C25H24N4S2. The molecule has 0 saturated heterocycles. The molecular weight excluding hydrogens is 420 g/mol. The van der Waals surface area contributed by atoms with Gasteiger partial charge in [0.05, 0.1) is 22.6 Å². The lowest BCUT2D eigenvalue weighted by atomic mass is 9.93. The molecule has 0 radical (unpaired) electrons. The van der Waals surface area contributed by atoms with Gasteiger partial charge in [-0.3, -0.25) is 0 Å². The van der Waals surface area contributed by atoms with Gasteiger partial charge in [0.15, 0.2) is 0 Å². The van der Waals surface area contributed by atoms with Crippen LogP contribution in [0, 0.1) is 17.9 Å². The summed E-state index contributed by atoms with van der Waals surface area (Å²) in [5.74, 6) is 0. The molecule has 0 atom stereocenters. The van der Waals surface area contributed by atoms with Crippen molar-refractivity contribution in [1.29, 1.82) is 5.26 Å². The number of nitrogens with zero attached hydrogens (tertiary/aromatic N) is 4. The van der Waals surface area contributed by atoms with Gasteiger partial charge in [0.1, 0.15) is 0 Å². The highest BCUT2D eigenvalue weighted by molar-refractivity contribution is 7.17. The van der Waals surface area contributed by atoms with Crippen molar-refractivity contribution in [2.45, 2.75) is 6.42 Å². The van der Waals surface area contributed by atoms with Crippen molar-refractivity contribution in [3.63, 3.8) is 0 Å². The molecule has 0 spiro atoms. The van der Waals surface area contributed by atoms with Crippen molar-refractivity contribution in [3.8, 4) is 6.07 Å². The second-order valence-corrected chi connectivity index (χ2v) is 9.64. The molecule has 156 valence electrons. The van der Waals surface area contributed by atoms with E-state index in [-0.39, 0.29) is 5.70 Å². The maximum atomic E-state index is 9.35. The zero-order valence-electron chi connectivity index (χ0n) is 18.1. The van der Waals surface area contributed by atoms with Crippen molar-refractivity contribution in [1.82, 2.24) is 0 Å². The van der Waals surface area contributed by atoms with Gasteiger partial charge < -0.3 is 9.80 Å². The minimum absolute atomic E-state index is 0.119. The number of rotatable bonds is 6. The normalized spacial score (nSPS) is 13.7. The highest BCUT2D eigenvalue weighted by atomic mass is 32.1. The van der Waals surface area contributed by atoms with Gasteiger partial charge in [-0.25, -0.2) is 10.1 Å². The quantitative estimate of drug-likeness (QED) is 0.371. The summed E-state index contributed by atoms with van der Waals surface area (Å²) in [5, 5.41) is 11.8. The molecule has 0 amide bonds. The summed E-state index contributed by atoms with van der Waals surface area (Å²) in [6, 6.07) is 10.4. The van der Waals surface area contributed by atoms with E-state index >= 15 is 0 Å². The van der Waals surface area contributed by atoms with Gasteiger partial charge in [-0.1, -0.05) is 24.3 Å². The minimum atomic E-state index is 0.119. The smallest absolute Gasteiger partial charge is 0.268 e. The Bertz CT molecular complexity index is 1090. The van der Waals surface area contributed by atoms with E-state index < -0.39 is 0 Å². The lowest BCUT2D eigenvalue weighted by molar-refractivity contribution is 1.16. The van der Waals surface area contributed by atoms with Gasteiger partial charge in [-0.15, -0.1) is 22.7 Å². The average Bonchev–Trinajstić information content (AvgIpc) is 3.41. The lowest BCUT2D eigenvalue weighted by Gasteiger charge is -2.12. The van der Waals surface area contributed by atoms with E-state index in [1.54, 1.807) is 22.7 Å². The second-order valence-electron chi connectivity index (χ2n) is 7.45. The highest BCUT2D eigenvalue weighted by Crippen LogP contribution is 2.31. The summed E-state index contributed by atoms with van der Waals surface area (Å²) in [6.45, 7) is 7.33. The molecule has 0 saturated carbocycles. The fourth-order valence-electron chi connectivity index (χ4n) is 3.01. The van der Waals surface area contributed by atoms with Gasteiger partial charge in [-0.05, 0) is 59.6 Å². The molecule has 0 unspecified atom stereocenters. The van der Waals surface area contributed by atoms with Crippen LogP contribution >= 0.6 is 22.7 Å². The van der Waals surface area contributed by atoms with Crippen molar-refractivity contribution in [2.24, 2.45) is 0 Å². The Morgan fingerprint density at radius 3 is 1.74 bits per heavy atom. The number of allylic oxidation sites excluding steroid dienone is 8. The van der Waals surface area contributed by atoms with Crippen LogP contribution in [0.1, 0.15) is 16.2 Å². The molecule has 0 aromatic carbocycles. The first-order valence-corrected chi connectivity index (χ1v) is 11.4. The van der Waals surface area contributed by atoms with E-state index in [0.29, 0.717) is 5.57 Å². The largest absolute Gasteiger partial charge is 0.370 e. The number of hydrogen-bond acceptors (Lipinski definition) is 5. The maximum Gasteiger partial charge on any atom is 0.268 e. The highest BCUT2D eigenvalue weighted by Gasteiger charge is 2.11. The van der Waals surface area contributed by atoms with E-state index in [2.05, 4.69) is 63.2 Å². The minimum Gasteiger partial charge on any atom is -0.370 e. The molecule has 1 aliphatic carbocycles. The van der Waals surface area contributed by atoms with Gasteiger partial charge >= 0.3 is 0 Å². The van der Waals surface area contributed by atoms with Crippen LogP contribution in [0.2, 0.25) is 0 Å². The molecule has 4 nitrogen and oxygen atoms in total. The Hall–Kier alpha value is -3.32. The predicted molar refractivity (Wildman–Crippen MR) is 135 cm³/mol. The van der Waals surface area contributed by atoms with Crippen LogP contribution in [-0.4, -0.2) is 28.2 Å². The van der Waals surface area contributed by atoms with E-state index in [1.807, 2.05) is 46.4 Å². The lowest BCUT2D eigenvalue weighted by Crippen LogP contribution is -2.05. The van der Waals surface area contributed by atoms with Crippen molar-refractivity contribution >= 4 is 44.8 Å². The first-order valence-electron chi connectivity index (χ1n) is 9.73. The molecule has 2 aromatic rings. The van der Waals surface area contributed by atoms with Gasteiger partial charge in [0.25, 0.3) is 5.70 Å². The van der Waals surface area contributed by atoms with Crippen LogP contribution in [0.4, 0.5) is 10.0 Å². The van der Waals surface area contributed by atoms with E-state index in [1.165, 1.54) is 19.8 Å². The third-order valence-electron chi connectivity index (χ3n) is 4.61. The fraction of sp³-hybridized carbons (Fsp3) is 0.200. The maximum absolute atomic E-state index is 9.35. The van der Waals surface area contributed by atoms with Crippen molar-refractivity contribution in [3.05, 3.63) is 92.2 Å². The Morgan fingerprint density at radius 2 is 1.39 bits per heavy atom. The Balaban J connectivity index is 1.86. The second kappa shape index (κ2) is 10.1. The molecule has 2 aromatic heterocycles. The SMILES string of the molecule is [C-]#[N+]C(C#N)=C1C=C(/C=C/c2ccc(N(C)C)s2)CC(/C=C/c2ccc(N(C)C)s2)=C1. The Labute approximate surface area is 192 Å². The topological polar surface area (TPSA) is 34.6 Å². The summed E-state index contributed by atoms with van der Waals surface area (Å²) in [4.78, 5) is 9.93. The number of thiophene rings is 2. The zero-order valence-corrected chi connectivity index (χ0v) is 19.7. The standard InChI is InChI=1S/C25H24N4S2/c1-27-23(17-26)20-15-18(6-8-21-10-12-24(30-21)28(2)3)14-19(16-20)7-9-22-11-13-25(31-22)29(4)5/h6-13,15-16H,14H2,2-5H3/b8-6+,9-7+. The van der Waals surface area contributed by atoms with Crippen LogP contribution in [0.5, 0.6) is 0 Å². The third kappa shape index (κ3) is 5.86. The summed E-state index contributed by atoms with van der Waals surface area (Å²) in [7, 11) is 8.14. The first kappa shape index (κ1) is 22.4. The summed E-state index contributed by atoms with van der Waals surface area (Å²) in [5.41, 5.74) is 2.94. The third-order valence-corrected chi connectivity index (χ3v) is 7.05. The van der Waals surface area contributed by atoms with Crippen LogP contribution in [0.3, 0.4) is 0 Å². The van der Waals surface area contributed by atoms with Gasteiger partial charge in [0, 0.05) is 37.9 Å². The van der Waals surface area contributed by atoms with Crippen molar-refractivity contribution in [2.75, 3.05) is 38.0 Å². The summed E-state index contributed by atoms with van der Waals surface area (Å²) >= 11 is 3.45. The van der Waals surface area contributed by atoms with E-state index in [9.17, 15) is 5.26 Å². The van der Waals surface area contributed by atoms with Crippen LogP contribution in [0.25, 0.3) is 17.0 Å². The van der Waals surface area contributed by atoms with Gasteiger partial charge in [0.2, 0.25) is 0 Å². The van der Waals surface area contributed by atoms with E-state index in [0.717, 1.165) is 17.6 Å². The molecule has 1 aliphatic rings. The molecule has 0 fully saturated rings. The molecule has 0 N–H and O–H groups in total. The molecule has 0 aliphatic heterocycles. The number of hydrogen-bond donors (Lipinski definition) is 0. The zero-order chi connectivity index (χ0) is 22.4. The predicted octanol–water partition coefficient (Wildman–Crippen LogP) is 6.62. The van der Waals surface area contributed by atoms with Crippen LogP contribution in [0.15, 0.2) is 71.0 Å². The van der Waals surface area contributed by atoms with Gasteiger partial charge in [-0.2, -0.15) is 0 Å². The monoisotopic (exact) mass is 444 g/mol. The van der Waals surface area contributed by atoms with E-state index in [4.69, 9.17) is 6.57 Å². The Kier molecular flexibility index (Phi) is 7.31. The molecule has 31 heavy (non-hydrogen) atoms. The molecule has 3 rings (SSSR count). The molecule has 0 bridgehead atoms. The van der Waals surface area contributed by atoms with Crippen molar-refractivity contribution < 1.29 is 0 Å². The number of nitriles is 1. The fourth-order valence-corrected chi connectivity index (χ4v) is 4.67. The summed E-state index contributed by atoms with van der Waals surface area (Å²) in [6.07, 6.45) is 13.0. The number of anilines is 2.